The predicted octanol–water partition coefficient (Wildman–Crippen LogP) is 13.0. The maximum atomic E-state index is 5.42. The Bertz CT molecular complexity index is 3030. The van der Waals surface area contributed by atoms with E-state index in [4.69, 9.17) is 15.0 Å². The second kappa shape index (κ2) is 11.4. The molecule has 3 heterocycles. The molecular formula is C47H28N4S. The number of nitrogens with zero attached hydrogens (tertiary/aromatic N) is 4. The van der Waals surface area contributed by atoms with E-state index in [2.05, 4.69) is 169 Å². The first-order valence-electron chi connectivity index (χ1n) is 17.5. The highest BCUT2D eigenvalue weighted by Crippen LogP contribution is 2.52. The maximum absolute atomic E-state index is 5.42. The Morgan fingerprint density at radius 3 is 2.00 bits per heavy atom. The Hall–Kier alpha value is -6.69. The van der Waals surface area contributed by atoms with Gasteiger partial charge in [-0.15, -0.1) is 11.3 Å². The number of anilines is 3. The number of aromatic nitrogens is 3. The van der Waals surface area contributed by atoms with Gasteiger partial charge in [-0.1, -0.05) is 140 Å². The van der Waals surface area contributed by atoms with Crippen molar-refractivity contribution in [3.63, 3.8) is 0 Å². The van der Waals surface area contributed by atoms with Gasteiger partial charge in [0.15, 0.2) is 11.6 Å². The van der Waals surface area contributed by atoms with Crippen LogP contribution in [0.5, 0.6) is 0 Å². The molecule has 242 valence electrons. The van der Waals surface area contributed by atoms with Crippen LogP contribution in [0.4, 0.5) is 17.3 Å². The van der Waals surface area contributed by atoms with Gasteiger partial charge >= 0.3 is 0 Å². The molecule has 11 rings (SSSR count). The molecular weight excluding hydrogens is 653 g/mol. The molecule has 0 bridgehead atoms. The summed E-state index contributed by atoms with van der Waals surface area (Å²) in [6, 6.07) is 60.2. The molecule has 0 spiro atoms. The highest BCUT2D eigenvalue weighted by molar-refractivity contribution is 7.25. The van der Waals surface area contributed by atoms with Gasteiger partial charge in [0.1, 0.15) is 0 Å². The van der Waals surface area contributed by atoms with Crippen LogP contribution in [0.2, 0.25) is 0 Å². The SMILES string of the molecule is c1ccc(-c2cccc(-c3nc(-c4cccc5sc6ccccc6c45)nc(N4c5ccc6ccccc6c5-c5cccc6cccc4c56)n3)c2)cc1. The topological polar surface area (TPSA) is 41.9 Å². The van der Waals surface area contributed by atoms with E-state index in [1.165, 1.54) is 52.8 Å². The highest BCUT2D eigenvalue weighted by Gasteiger charge is 2.30. The molecule has 0 aliphatic carbocycles. The normalized spacial score (nSPS) is 12.2. The molecule has 0 fully saturated rings. The maximum Gasteiger partial charge on any atom is 0.238 e. The minimum Gasteiger partial charge on any atom is -0.278 e. The Labute approximate surface area is 303 Å². The summed E-state index contributed by atoms with van der Waals surface area (Å²) in [4.78, 5) is 18.3. The summed E-state index contributed by atoms with van der Waals surface area (Å²) in [6.45, 7) is 0. The molecule has 0 radical (unpaired) electrons. The van der Waals surface area contributed by atoms with Gasteiger partial charge < -0.3 is 0 Å². The van der Waals surface area contributed by atoms with Crippen molar-refractivity contribution in [2.75, 3.05) is 4.90 Å². The molecule has 52 heavy (non-hydrogen) atoms. The summed E-state index contributed by atoms with van der Waals surface area (Å²) < 4.78 is 2.46. The molecule has 0 N–H and O–H groups in total. The summed E-state index contributed by atoms with van der Waals surface area (Å²) >= 11 is 1.80. The number of thiophene rings is 1. The van der Waals surface area contributed by atoms with Crippen molar-refractivity contribution in [2.24, 2.45) is 0 Å². The molecule has 1 aliphatic rings. The van der Waals surface area contributed by atoms with E-state index >= 15 is 0 Å². The standard InChI is InChI=1S/C47H28N4S/c1-2-12-29(13-3-1)32-17-8-18-33(28-32)45-48-46(37-22-11-25-41-44(37)35-20-6-7-24-40(35)52-41)50-47(49-45)51-38-23-10-16-31-15-9-21-36(42(31)38)43-34-19-5-4-14-30(34)26-27-39(43)51/h1-28H. The van der Waals surface area contributed by atoms with Crippen LogP contribution in [0, 0.1) is 0 Å². The largest absolute Gasteiger partial charge is 0.278 e. The quantitative estimate of drug-likeness (QED) is 0.186. The van der Waals surface area contributed by atoms with Gasteiger partial charge in [-0.2, -0.15) is 9.97 Å². The molecule has 2 aromatic heterocycles. The van der Waals surface area contributed by atoms with E-state index in [1.54, 1.807) is 11.3 Å². The van der Waals surface area contributed by atoms with Crippen LogP contribution in [0.25, 0.3) is 86.7 Å². The van der Waals surface area contributed by atoms with Crippen LogP contribution in [0.1, 0.15) is 0 Å². The molecule has 0 amide bonds. The number of hydrogen-bond acceptors (Lipinski definition) is 5. The molecule has 0 atom stereocenters. The van der Waals surface area contributed by atoms with Crippen molar-refractivity contribution in [1.82, 2.24) is 15.0 Å². The fraction of sp³-hybridized carbons (Fsp3) is 0. The zero-order valence-corrected chi connectivity index (χ0v) is 28.7. The lowest BCUT2D eigenvalue weighted by Gasteiger charge is -2.33. The number of fused-ring (bicyclic) bond motifs is 7. The second-order valence-electron chi connectivity index (χ2n) is 13.2. The molecule has 8 aromatic carbocycles. The monoisotopic (exact) mass is 680 g/mol. The van der Waals surface area contributed by atoms with Crippen molar-refractivity contribution in [1.29, 1.82) is 0 Å². The molecule has 0 saturated carbocycles. The summed E-state index contributed by atoms with van der Waals surface area (Å²) in [5.41, 5.74) is 8.69. The molecule has 10 aromatic rings. The fourth-order valence-electron chi connectivity index (χ4n) is 7.93. The second-order valence-corrected chi connectivity index (χ2v) is 14.3. The Morgan fingerprint density at radius 1 is 0.404 bits per heavy atom. The van der Waals surface area contributed by atoms with E-state index < -0.39 is 0 Å². The number of rotatable bonds is 4. The predicted molar refractivity (Wildman–Crippen MR) is 218 cm³/mol. The summed E-state index contributed by atoms with van der Waals surface area (Å²) in [7, 11) is 0. The third-order valence-electron chi connectivity index (χ3n) is 10.2. The Balaban J connectivity index is 1.23. The van der Waals surface area contributed by atoms with Crippen molar-refractivity contribution < 1.29 is 0 Å². The van der Waals surface area contributed by atoms with Gasteiger partial charge in [0, 0.05) is 42.2 Å². The first kappa shape index (κ1) is 29.1. The van der Waals surface area contributed by atoms with E-state index in [0.29, 0.717) is 17.6 Å². The van der Waals surface area contributed by atoms with E-state index in [-0.39, 0.29) is 0 Å². The van der Waals surface area contributed by atoms with Crippen LogP contribution in [0.3, 0.4) is 0 Å². The van der Waals surface area contributed by atoms with Gasteiger partial charge in [0.05, 0.1) is 11.4 Å². The van der Waals surface area contributed by atoms with E-state index in [0.717, 1.165) is 33.6 Å². The molecule has 1 aliphatic heterocycles. The van der Waals surface area contributed by atoms with Gasteiger partial charge in [-0.05, 0) is 63.2 Å². The third kappa shape index (κ3) is 4.43. The van der Waals surface area contributed by atoms with Crippen molar-refractivity contribution in [3.05, 3.63) is 170 Å². The highest BCUT2D eigenvalue weighted by atomic mass is 32.1. The van der Waals surface area contributed by atoms with Crippen molar-refractivity contribution in [2.45, 2.75) is 0 Å². The van der Waals surface area contributed by atoms with Crippen LogP contribution in [-0.4, -0.2) is 15.0 Å². The Kier molecular flexibility index (Phi) is 6.39. The van der Waals surface area contributed by atoms with E-state index in [1.807, 2.05) is 6.07 Å². The van der Waals surface area contributed by atoms with Gasteiger partial charge in [0.2, 0.25) is 5.95 Å². The van der Waals surface area contributed by atoms with Crippen molar-refractivity contribution >= 4 is 70.4 Å². The van der Waals surface area contributed by atoms with Gasteiger partial charge in [-0.25, -0.2) is 4.98 Å². The zero-order chi connectivity index (χ0) is 34.2. The number of hydrogen-bond donors (Lipinski definition) is 0. The van der Waals surface area contributed by atoms with Gasteiger partial charge in [-0.3, -0.25) is 4.90 Å². The summed E-state index contributed by atoms with van der Waals surface area (Å²) in [5, 5.41) is 7.14. The first-order chi connectivity index (χ1) is 25.8. The smallest absolute Gasteiger partial charge is 0.238 e. The molecule has 5 heteroatoms. The summed E-state index contributed by atoms with van der Waals surface area (Å²) in [5.74, 6) is 1.86. The molecule has 0 saturated heterocycles. The lowest BCUT2D eigenvalue weighted by molar-refractivity contribution is 1.03. The average Bonchev–Trinajstić information content (AvgIpc) is 3.60. The molecule has 0 unspecified atom stereocenters. The van der Waals surface area contributed by atoms with Crippen LogP contribution in [0.15, 0.2) is 170 Å². The lowest BCUT2D eigenvalue weighted by Crippen LogP contribution is -2.19. The minimum atomic E-state index is 0.584. The lowest BCUT2D eigenvalue weighted by atomic mass is 9.88. The first-order valence-corrected chi connectivity index (χ1v) is 18.3. The molecule has 4 nitrogen and oxygen atoms in total. The third-order valence-corrected chi connectivity index (χ3v) is 11.4. The average molecular weight is 681 g/mol. The minimum absolute atomic E-state index is 0.584. The zero-order valence-electron chi connectivity index (χ0n) is 27.9. The van der Waals surface area contributed by atoms with Crippen LogP contribution >= 0.6 is 11.3 Å². The van der Waals surface area contributed by atoms with Crippen LogP contribution < -0.4 is 4.90 Å². The number of benzene rings is 8. The Morgan fingerprint density at radius 2 is 1.08 bits per heavy atom. The van der Waals surface area contributed by atoms with Crippen LogP contribution in [-0.2, 0) is 0 Å². The van der Waals surface area contributed by atoms with Gasteiger partial charge in [0.25, 0.3) is 0 Å². The van der Waals surface area contributed by atoms with Crippen molar-refractivity contribution in [3.8, 4) is 45.0 Å². The fourth-order valence-corrected chi connectivity index (χ4v) is 9.07. The summed E-state index contributed by atoms with van der Waals surface area (Å²) in [6.07, 6.45) is 0. The van der Waals surface area contributed by atoms with E-state index in [9.17, 15) is 0 Å².